The molecule has 1 N–H and O–H groups in total. The molecule has 1 aliphatic heterocycles. The molecule has 0 unspecified atom stereocenters. The number of hydrogen-bond donors (Lipinski definition) is 1. The molecular weight excluding hydrogens is 348 g/mol. The van der Waals surface area contributed by atoms with Crippen LogP contribution in [0.1, 0.15) is 11.1 Å². The zero-order valence-corrected chi connectivity index (χ0v) is 16.0. The first kappa shape index (κ1) is 18.7. The smallest absolute Gasteiger partial charge is 0.322 e. The van der Waals surface area contributed by atoms with Crippen LogP contribution in [0.25, 0.3) is 0 Å². The number of nitrogens with one attached hydrogen (secondary N) is 1. The van der Waals surface area contributed by atoms with Crippen LogP contribution in [0.4, 0.5) is 10.5 Å². The van der Waals surface area contributed by atoms with E-state index in [1.807, 2.05) is 12.1 Å². The molecule has 2 amide bonds. The number of benzene rings is 2. The number of hydrogen-bond acceptors (Lipinski definition) is 5. The number of anilines is 1. The summed E-state index contributed by atoms with van der Waals surface area (Å²) in [6, 6.07) is 9.04. The molecule has 0 atom stereocenters. The van der Waals surface area contributed by atoms with Gasteiger partial charge < -0.3 is 29.2 Å². The molecule has 3 rings (SSSR count). The summed E-state index contributed by atoms with van der Waals surface area (Å²) in [5.74, 6) is 2.55. The summed E-state index contributed by atoms with van der Waals surface area (Å²) in [4.78, 5) is 14.5. The van der Waals surface area contributed by atoms with E-state index < -0.39 is 0 Å². The molecular formula is C20H24N2O5. The molecule has 0 saturated heterocycles. The van der Waals surface area contributed by atoms with Gasteiger partial charge in [-0.1, -0.05) is 0 Å². The first-order valence-electron chi connectivity index (χ1n) is 8.61. The van der Waals surface area contributed by atoms with Crippen LogP contribution in [0, 0.1) is 0 Å². The summed E-state index contributed by atoms with van der Waals surface area (Å²) in [7, 11) is 6.36. The molecule has 0 bridgehead atoms. The van der Waals surface area contributed by atoms with Gasteiger partial charge in [0.2, 0.25) is 0 Å². The topological polar surface area (TPSA) is 69.3 Å². The normalized spacial score (nSPS) is 12.8. The van der Waals surface area contributed by atoms with E-state index in [-0.39, 0.29) is 6.03 Å². The molecule has 2 aromatic rings. The van der Waals surface area contributed by atoms with Crippen LogP contribution < -0.4 is 24.3 Å². The first-order valence-corrected chi connectivity index (χ1v) is 8.61. The second-order valence-electron chi connectivity index (χ2n) is 6.15. The van der Waals surface area contributed by atoms with Gasteiger partial charge >= 0.3 is 6.03 Å². The fraction of sp³-hybridized carbons (Fsp3) is 0.350. The third-order valence-electron chi connectivity index (χ3n) is 4.64. The number of nitrogens with zero attached hydrogens (tertiary/aromatic N) is 1. The third kappa shape index (κ3) is 3.86. The summed E-state index contributed by atoms with van der Waals surface area (Å²) in [5, 5.41) is 2.92. The van der Waals surface area contributed by atoms with Crippen molar-refractivity contribution < 1.29 is 23.7 Å². The van der Waals surface area contributed by atoms with Crippen molar-refractivity contribution in [1.29, 1.82) is 0 Å². The minimum absolute atomic E-state index is 0.164. The van der Waals surface area contributed by atoms with Crippen LogP contribution in [-0.4, -0.2) is 45.9 Å². The van der Waals surface area contributed by atoms with Crippen molar-refractivity contribution in [1.82, 2.24) is 4.90 Å². The second-order valence-corrected chi connectivity index (χ2v) is 6.15. The lowest BCUT2D eigenvalue weighted by Gasteiger charge is -2.29. The van der Waals surface area contributed by atoms with Crippen LogP contribution in [-0.2, 0) is 13.0 Å². The van der Waals surface area contributed by atoms with E-state index in [1.165, 1.54) is 5.56 Å². The molecule has 0 aliphatic carbocycles. The minimum Gasteiger partial charge on any atom is -0.493 e. The lowest BCUT2D eigenvalue weighted by molar-refractivity contribution is 0.206. The Hall–Kier alpha value is -3.09. The van der Waals surface area contributed by atoms with Crippen molar-refractivity contribution in [2.45, 2.75) is 13.0 Å². The van der Waals surface area contributed by atoms with Gasteiger partial charge in [-0.2, -0.15) is 0 Å². The Balaban J connectivity index is 1.74. The van der Waals surface area contributed by atoms with Crippen molar-refractivity contribution in [2.75, 3.05) is 40.3 Å². The Kier molecular flexibility index (Phi) is 5.59. The van der Waals surface area contributed by atoms with Crippen molar-refractivity contribution in [3.63, 3.8) is 0 Å². The van der Waals surface area contributed by atoms with E-state index >= 15 is 0 Å². The zero-order chi connectivity index (χ0) is 19.4. The van der Waals surface area contributed by atoms with Crippen LogP contribution in [0.5, 0.6) is 23.0 Å². The van der Waals surface area contributed by atoms with Gasteiger partial charge in [0.25, 0.3) is 0 Å². The molecule has 1 heterocycles. The maximum Gasteiger partial charge on any atom is 0.322 e. The fourth-order valence-electron chi connectivity index (χ4n) is 3.17. The molecule has 7 nitrogen and oxygen atoms in total. The Bertz CT molecular complexity index is 837. The zero-order valence-electron chi connectivity index (χ0n) is 16.0. The van der Waals surface area contributed by atoms with Gasteiger partial charge in [-0.25, -0.2) is 4.79 Å². The second kappa shape index (κ2) is 8.07. The average molecular weight is 372 g/mol. The maximum atomic E-state index is 12.7. The largest absolute Gasteiger partial charge is 0.493 e. The maximum absolute atomic E-state index is 12.7. The number of rotatable bonds is 5. The highest BCUT2D eigenvalue weighted by molar-refractivity contribution is 5.90. The van der Waals surface area contributed by atoms with Crippen molar-refractivity contribution >= 4 is 11.7 Å². The summed E-state index contributed by atoms with van der Waals surface area (Å²) in [5.41, 5.74) is 2.87. The average Bonchev–Trinajstić information content (AvgIpc) is 2.71. The van der Waals surface area contributed by atoms with E-state index in [0.717, 1.165) is 12.0 Å². The Morgan fingerprint density at radius 1 is 0.852 bits per heavy atom. The molecule has 2 aromatic carbocycles. The summed E-state index contributed by atoms with van der Waals surface area (Å²) in [6.45, 7) is 1.14. The van der Waals surface area contributed by atoms with E-state index in [0.29, 0.717) is 41.8 Å². The van der Waals surface area contributed by atoms with Gasteiger partial charge in [-0.15, -0.1) is 0 Å². The molecule has 27 heavy (non-hydrogen) atoms. The summed E-state index contributed by atoms with van der Waals surface area (Å²) < 4.78 is 21.2. The van der Waals surface area contributed by atoms with Crippen LogP contribution in [0.2, 0.25) is 0 Å². The number of carbonyl (C=O) groups is 1. The molecule has 0 aromatic heterocycles. The monoisotopic (exact) mass is 372 g/mol. The number of amides is 2. The van der Waals surface area contributed by atoms with E-state index in [9.17, 15) is 4.79 Å². The van der Waals surface area contributed by atoms with Crippen LogP contribution in [0.3, 0.4) is 0 Å². The summed E-state index contributed by atoms with van der Waals surface area (Å²) >= 11 is 0. The van der Waals surface area contributed by atoms with Gasteiger partial charge in [-0.05, 0) is 41.8 Å². The molecule has 144 valence electrons. The van der Waals surface area contributed by atoms with Crippen LogP contribution in [0.15, 0.2) is 30.3 Å². The van der Waals surface area contributed by atoms with Gasteiger partial charge in [0.05, 0.1) is 28.4 Å². The van der Waals surface area contributed by atoms with Crippen molar-refractivity contribution in [3.8, 4) is 23.0 Å². The molecule has 0 fully saturated rings. The highest BCUT2D eigenvalue weighted by Crippen LogP contribution is 2.34. The molecule has 7 heteroatoms. The van der Waals surface area contributed by atoms with Gasteiger partial charge in [-0.3, -0.25) is 0 Å². The van der Waals surface area contributed by atoms with E-state index in [1.54, 1.807) is 51.5 Å². The SMILES string of the molecule is COc1ccc(NC(=O)N2CCc3cc(OC)c(OC)cc3C2)cc1OC. The predicted molar refractivity (Wildman–Crippen MR) is 102 cm³/mol. The number of ether oxygens (including phenoxy) is 4. The number of fused-ring (bicyclic) bond motifs is 1. The Labute approximate surface area is 158 Å². The van der Waals surface area contributed by atoms with Gasteiger partial charge in [0.15, 0.2) is 23.0 Å². The van der Waals surface area contributed by atoms with Crippen molar-refractivity contribution in [3.05, 3.63) is 41.5 Å². The van der Waals surface area contributed by atoms with Crippen molar-refractivity contribution in [2.24, 2.45) is 0 Å². The number of methoxy groups -OCH3 is 4. The first-order chi connectivity index (χ1) is 13.1. The third-order valence-corrected chi connectivity index (χ3v) is 4.64. The highest BCUT2D eigenvalue weighted by Gasteiger charge is 2.23. The fourth-order valence-corrected chi connectivity index (χ4v) is 3.17. The molecule has 1 aliphatic rings. The van der Waals surface area contributed by atoms with Crippen LogP contribution >= 0.6 is 0 Å². The number of urea groups is 1. The lowest BCUT2D eigenvalue weighted by atomic mass is 9.99. The number of carbonyl (C=O) groups excluding carboxylic acids is 1. The lowest BCUT2D eigenvalue weighted by Crippen LogP contribution is -2.38. The minimum atomic E-state index is -0.164. The standard InChI is InChI=1S/C20H24N2O5/c1-24-16-6-5-15(11-19(16)27-4)21-20(23)22-8-7-13-9-17(25-2)18(26-3)10-14(13)12-22/h5-6,9-11H,7-8,12H2,1-4H3,(H,21,23). The highest BCUT2D eigenvalue weighted by atomic mass is 16.5. The van der Waals surface area contributed by atoms with Gasteiger partial charge in [0, 0.05) is 24.8 Å². The molecule has 0 saturated carbocycles. The Morgan fingerprint density at radius 3 is 2.07 bits per heavy atom. The van der Waals surface area contributed by atoms with E-state index in [4.69, 9.17) is 18.9 Å². The van der Waals surface area contributed by atoms with Gasteiger partial charge in [0.1, 0.15) is 0 Å². The quantitative estimate of drug-likeness (QED) is 0.872. The molecule has 0 spiro atoms. The predicted octanol–water partition coefficient (Wildman–Crippen LogP) is 3.31. The van der Waals surface area contributed by atoms with E-state index in [2.05, 4.69) is 5.32 Å². The Morgan fingerprint density at radius 2 is 1.44 bits per heavy atom. The summed E-state index contributed by atoms with van der Waals surface area (Å²) in [6.07, 6.45) is 0.759. The molecule has 0 radical (unpaired) electrons.